The van der Waals surface area contributed by atoms with Crippen LogP contribution in [0.5, 0.6) is 0 Å². The van der Waals surface area contributed by atoms with E-state index in [1.54, 1.807) is 0 Å². The number of hydrogen-bond acceptors (Lipinski definition) is 0. The van der Waals surface area contributed by atoms with E-state index in [0.717, 1.165) is 18.4 Å². The molecule has 0 unspecified atom stereocenters. The molecule has 12 heavy (non-hydrogen) atoms. The van der Waals surface area contributed by atoms with Crippen molar-refractivity contribution in [1.29, 1.82) is 0 Å². The summed E-state index contributed by atoms with van der Waals surface area (Å²) in [5, 5.41) is 0. The number of hydrogen-bond donors (Lipinski definition) is 0. The maximum Gasteiger partial charge on any atom is -0.0126 e. The van der Waals surface area contributed by atoms with E-state index in [0.29, 0.717) is 0 Å². The van der Waals surface area contributed by atoms with Crippen molar-refractivity contribution in [3.63, 3.8) is 0 Å². The molecule has 1 aromatic rings. The van der Waals surface area contributed by atoms with Gasteiger partial charge in [0.15, 0.2) is 0 Å². The third-order valence-corrected chi connectivity index (χ3v) is 1.79. The van der Waals surface area contributed by atoms with Gasteiger partial charge in [-0.15, -0.1) is 5.73 Å². The average molecular weight is 156 g/mol. The van der Waals surface area contributed by atoms with Gasteiger partial charge in [0.1, 0.15) is 0 Å². The number of aryl methyl sites for hydroxylation is 1. The summed E-state index contributed by atoms with van der Waals surface area (Å²) in [6, 6.07) is 8.13. The Morgan fingerprint density at radius 1 is 1.42 bits per heavy atom. The standard InChI is InChI=1S/C12H12/c1-3-4-5-9-12-10-7-6-8-11(12)2/h1,4,6-8,10H,2,5,9H2. The molecule has 2 radical (unpaired) electrons. The van der Waals surface area contributed by atoms with E-state index in [1.165, 1.54) is 5.56 Å². The summed E-state index contributed by atoms with van der Waals surface area (Å²) in [6.45, 7) is 9.04. The lowest BCUT2D eigenvalue weighted by molar-refractivity contribution is 0.996. The van der Waals surface area contributed by atoms with Gasteiger partial charge in [-0.1, -0.05) is 24.3 Å². The Labute approximate surface area is 74.2 Å². The van der Waals surface area contributed by atoms with Crippen LogP contribution in [0.15, 0.2) is 36.1 Å². The van der Waals surface area contributed by atoms with E-state index in [2.05, 4.69) is 18.7 Å². The first-order chi connectivity index (χ1) is 5.84. The fourth-order valence-electron chi connectivity index (χ4n) is 1.11. The van der Waals surface area contributed by atoms with Crippen molar-refractivity contribution in [3.8, 4) is 0 Å². The van der Waals surface area contributed by atoms with Crippen LogP contribution in [-0.2, 0) is 6.42 Å². The van der Waals surface area contributed by atoms with Crippen LogP contribution >= 0.6 is 0 Å². The molecule has 1 aromatic carbocycles. The Kier molecular flexibility index (Phi) is 3.37. The van der Waals surface area contributed by atoms with Crippen molar-refractivity contribution in [2.24, 2.45) is 0 Å². The molecule has 0 saturated heterocycles. The lowest BCUT2D eigenvalue weighted by atomic mass is 10.0. The van der Waals surface area contributed by atoms with E-state index in [9.17, 15) is 0 Å². The highest BCUT2D eigenvalue weighted by molar-refractivity contribution is 5.29. The minimum Gasteiger partial charge on any atom is -0.125 e. The highest BCUT2D eigenvalue weighted by atomic mass is 14.0. The largest absolute Gasteiger partial charge is 0.125 e. The van der Waals surface area contributed by atoms with E-state index in [-0.39, 0.29) is 0 Å². The first kappa shape index (κ1) is 8.83. The van der Waals surface area contributed by atoms with Crippen molar-refractivity contribution < 1.29 is 0 Å². The molecule has 0 saturated carbocycles. The van der Waals surface area contributed by atoms with Crippen LogP contribution < -0.4 is 0 Å². The Morgan fingerprint density at radius 3 is 2.83 bits per heavy atom. The fourth-order valence-corrected chi connectivity index (χ4v) is 1.11. The summed E-state index contributed by atoms with van der Waals surface area (Å²) in [7, 11) is 0. The molecule has 0 amide bonds. The van der Waals surface area contributed by atoms with Gasteiger partial charge in [0, 0.05) is 0 Å². The average Bonchev–Trinajstić information content (AvgIpc) is 2.09. The fraction of sp³-hybridized carbons (Fsp3) is 0.167. The van der Waals surface area contributed by atoms with Crippen LogP contribution in [-0.4, -0.2) is 0 Å². The second kappa shape index (κ2) is 4.58. The van der Waals surface area contributed by atoms with Crippen LogP contribution in [0.25, 0.3) is 0 Å². The van der Waals surface area contributed by atoms with Crippen LogP contribution in [0.2, 0.25) is 0 Å². The van der Waals surface area contributed by atoms with Crippen LogP contribution in [0, 0.1) is 13.5 Å². The minimum atomic E-state index is 0.934. The molecule has 0 spiro atoms. The summed E-state index contributed by atoms with van der Waals surface area (Å²) in [5.74, 6) is 0. The molecular formula is C12H12. The Hall–Kier alpha value is -1.26. The monoisotopic (exact) mass is 156 g/mol. The maximum absolute atomic E-state index is 5.11. The first-order valence-electron chi connectivity index (χ1n) is 4.02. The lowest BCUT2D eigenvalue weighted by Crippen LogP contribution is -1.86. The summed E-state index contributed by atoms with van der Waals surface area (Å²) in [5.41, 5.74) is 4.89. The molecule has 0 aliphatic carbocycles. The molecule has 0 nitrogen and oxygen atoms in total. The molecule has 0 aliphatic heterocycles. The summed E-state index contributed by atoms with van der Waals surface area (Å²) < 4.78 is 0. The third kappa shape index (κ3) is 2.41. The molecule has 0 atom stereocenters. The molecule has 1 rings (SSSR count). The zero-order valence-electron chi connectivity index (χ0n) is 7.09. The van der Waals surface area contributed by atoms with Gasteiger partial charge in [-0.25, -0.2) is 0 Å². The zero-order valence-corrected chi connectivity index (χ0v) is 7.09. The van der Waals surface area contributed by atoms with Crippen molar-refractivity contribution in [3.05, 3.63) is 60.7 Å². The SMILES string of the molecule is [CH]=C=CCCc1ccccc1[CH2]. The van der Waals surface area contributed by atoms with E-state index < -0.39 is 0 Å². The summed E-state index contributed by atoms with van der Waals surface area (Å²) in [6.07, 6.45) is 3.76. The van der Waals surface area contributed by atoms with Gasteiger partial charge >= 0.3 is 0 Å². The van der Waals surface area contributed by atoms with Gasteiger partial charge in [-0.05, 0) is 43.5 Å². The summed E-state index contributed by atoms with van der Waals surface area (Å²) in [4.78, 5) is 0. The highest BCUT2D eigenvalue weighted by Crippen LogP contribution is 2.09. The Bertz CT molecular complexity index is 291. The predicted octanol–water partition coefficient (Wildman–Crippen LogP) is 2.95. The van der Waals surface area contributed by atoms with Crippen molar-refractivity contribution in [2.75, 3.05) is 0 Å². The molecule has 0 bridgehead atoms. The molecule has 0 heteroatoms. The topological polar surface area (TPSA) is 0 Å². The van der Waals surface area contributed by atoms with Gasteiger partial charge in [-0.2, -0.15) is 0 Å². The molecular weight excluding hydrogens is 144 g/mol. The molecule has 0 N–H and O–H groups in total. The van der Waals surface area contributed by atoms with Crippen molar-refractivity contribution >= 4 is 0 Å². The molecule has 0 fully saturated rings. The van der Waals surface area contributed by atoms with E-state index in [4.69, 9.17) is 6.58 Å². The van der Waals surface area contributed by atoms with Crippen LogP contribution in [0.4, 0.5) is 0 Å². The highest BCUT2D eigenvalue weighted by Gasteiger charge is 1.93. The van der Waals surface area contributed by atoms with Gasteiger partial charge in [0.25, 0.3) is 0 Å². The van der Waals surface area contributed by atoms with Gasteiger partial charge in [0.05, 0.1) is 0 Å². The van der Waals surface area contributed by atoms with Crippen LogP contribution in [0.1, 0.15) is 17.5 Å². The third-order valence-electron chi connectivity index (χ3n) is 1.79. The Morgan fingerprint density at radius 2 is 2.17 bits per heavy atom. The number of benzene rings is 1. The summed E-state index contributed by atoms with van der Waals surface area (Å²) >= 11 is 0. The number of rotatable bonds is 3. The second-order valence-corrected chi connectivity index (χ2v) is 2.68. The first-order valence-corrected chi connectivity index (χ1v) is 4.02. The van der Waals surface area contributed by atoms with E-state index >= 15 is 0 Å². The number of allylic oxidation sites excluding steroid dienone is 1. The predicted molar refractivity (Wildman–Crippen MR) is 51.6 cm³/mol. The maximum atomic E-state index is 5.11. The zero-order chi connectivity index (χ0) is 8.81. The molecule has 60 valence electrons. The quantitative estimate of drug-likeness (QED) is 0.590. The van der Waals surface area contributed by atoms with Crippen molar-refractivity contribution in [2.45, 2.75) is 12.8 Å². The van der Waals surface area contributed by atoms with Gasteiger partial charge in [-0.3, -0.25) is 0 Å². The smallest absolute Gasteiger partial charge is 0.0126 e. The van der Waals surface area contributed by atoms with Crippen molar-refractivity contribution in [1.82, 2.24) is 0 Å². The Balaban J connectivity index is 2.62. The lowest BCUT2D eigenvalue weighted by Gasteiger charge is -2.01. The molecule has 0 aliphatic rings. The van der Waals surface area contributed by atoms with E-state index in [1.807, 2.05) is 24.3 Å². The van der Waals surface area contributed by atoms with Crippen LogP contribution in [0.3, 0.4) is 0 Å². The van der Waals surface area contributed by atoms with Gasteiger partial charge < -0.3 is 0 Å². The van der Waals surface area contributed by atoms with Gasteiger partial charge in [0.2, 0.25) is 0 Å². The minimum absolute atomic E-state index is 0.934. The normalized spacial score (nSPS) is 9.08. The second-order valence-electron chi connectivity index (χ2n) is 2.68. The molecule has 0 heterocycles. The molecule has 0 aromatic heterocycles.